The van der Waals surface area contributed by atoms with E-state index in [4.69, 9.17) is 4.84 Å². The average molecular weight is 279 g/mol. The molecule has 0 aromatic rings. The quantitative estimate of drug-likeness (QED) is 0.692. The van der Waals surface area contributed by atoms with E-state index >= 15 is 0 Å². The largest absolute Gasteiger partial charge is 0.386 e. The molecule has 0 radical (unpaired) electrons. The zero-order valence-electron chi connectivity index (χ0n) is 11.3. The number of rotatable bonds is 2. The molecular weight excluding hydrogens is 262 g/mol. The smallest absolute Gasteiger partial charge is 0.263 e. The summed E-state index contributed by atoms with van der Waals surface area (Å²) in [5.74, 6) is -1.92. The lowest BCUT2D eigenvalue weighted by atomic mass is 9.64. The summed E-state index contributed by atoms with van der Waals surface area (Å²) in [5.41, 5.74) is -1.71. The maximum Gasteiger partial charge on any atom is 0.263 e. The van der Waals surface area contributed by atoms with Gasteiger partial charge in [0.05, 0.1) is 12.8 Å². The predicted molar refractivity (Wildman–Crippen MR) is 69.9 cm³/mol. The topological polar surface area (TPSA) is 87.1 Å². The van der Waals surface area contributed by atoms with E-state index in [9.17, 15) is 19.8 Å². The molecule has 1 heterocycles. The van der Waals surface area contributed by atoms with E-state index in [0.29, 0.717) is 0 Å². The summed E-state index contributed by atoms with van der Waals surface area (Å²) in [6.45, 7) is 5.35. The minimum absolute atomic E-state index is 0.00848. The van der Waals surface area contributed by atoms with Crippen molar-refractivity contribution in [3.8, 4) is 0 Å². The molecule has 2 aliphatic rings. The van der Waals surface area contributed by atoms with Gasteiger partial charge in [-0.3, -0.25) is 14.4 Å². The lowest BCUT2D eigenvalue weighted by molar-refractivity contribution is -0.177. The average Bonchev–Trinajstić information content (AvgIpc) is 2.61. The Labute approximate surface area is 116 Å². The zero-order chi connectivity index (χ0) is 15.1. The first-order valence-corrected chi connectivity index (χ1v) is 6.21. The van der Waals surface area contributed by atoms with Crippen LogP contribution >= 0.6 is 0 Å². The number of hydroxylamine groups is 2. The third-order valence-corrected chi connectivity index (χ3v) is 3.91. The van der Waals surface area contributed by atoms with Gasteiger partial charge >= 0.3 is 0 Å². The molecule has 2 rings (SSSR count). The fraction of sp³-hybridized carbons (Fsp3) is 0.429. The molecule has 108 valence electrons. The Morgan fingerprint density at radius 2 is 2.05 bits per heavy atom. The highest BCUT2D eigenvalue weighted by molar-refractivity contribution is 6.03. The molecule has 1 saturated heterocycles. The minimum Gasteiger partial charge on any atom is -0.386 e. The fourth-order valence-corrected chi connectivity index (χ4v) is 2.90. The highest BCUT2D eigenvalue weighted by atomic mass is 16.7. The first kappa shape index (κ1) is 14.6. The molecule has 6 heteroatoms. The number of ketones is 1. The van der Waals surface area contributed by atoms with Gasteiger partial charge in [0.2, 0.25) is 0 Å². The van der Waals surface area contributed by atoms with Crippen molar-refractivity contribution in [3.05, 3.63) is 36.6 Å². The third-order valence-electron chi connectivity index (χ3n) is 3.91. The van der Waals surface area contributed by atoms with E-state index in [0.717, 1.165) is 5.06 Å². The molecule has 1 fully saturated rings. The van der Waals surface area contributed by atoms with Crippen LogP contribution in [-0.2, 0) is 14.4 Å². The summed E-state index contributed by atoms with van der Waals surface area (Å²) in [6, 6.07) is 0. The van der Waals surface area contributed by atoms with Gasteiger partial charge in [-0.1, -0.05) is 24.8 Å². The van der Waals surface area contributed by atoms with Crippen LogP contribution in [0.2, 0.25) is 0 Å². The summed E-state index contributed by atoms with van der Waals surface area (Å²) in [5, 5.41) is 21.5. The van der Waals surface area contributed by atoms with Crippen molar-refractivity contribution >= 4 is 11.7 Å². The SMILES string of the molecule is C=C1C(O)C2(C(=O)N1OC)C(C=CC)C=CC(=O)C2O. The molecule has 0 aromatic carbocycles. The van der Waals surface area contributed by atoms with Crippen LogP contribution in [0.1, 0.15) is 6.92 Å². The molecule has 0 saturated carbocycles. The van der Waals surface area contributed by atoms with Gasteiger partial charge in [-0.25, -0.2) is 0 Å². The van der Waals surface area contributed by atoms with E-state index in [-0.39, 0.29) is 5.70 Å². The highest BCUT2D eigenvalue weighted by Crippen LogP contribution is 2.49. The van der Waals surface area contributed by atoms with E-state index in [2.05, 4.69) is 6.58 Å². The summed E-state index contributed by atoms with van der Waals surface area (Å²) in [6.07, 6.45) is 3.02. The van der Waals surface area contributed by atoms with Gasteiger partial charge in [-0.05, 0) is 13.0 Å². The molecule has 4 unspecified atom stereocenters. The van der Waals surface area contributed by atoms with Crippen molar-refractivity contribution in [2.24, 2.45) is 11.3 Å². The Balaban J connectivity index is 2.64. The van der Waals surface area contributed by atoms with Crippen LogP contribution in [0.4, 0.5) is 0 Å². The minimum atomic E-state index is -1.72. The molecule has 6 nitrogen and oxygen atoms in total. The van der Waals surface area contributed by atoms with Gasteiger partial charge in [0.25, 0.3) is 5.91 Å². The van der Waals surface area contributed by atoms with Crippen molar-refractivity contribution in [1.29, 1.82) is 0 Å². The van der Waals surface area contributed by atoms with Crippen molar-refractivity contribution < 1.29 is 24.6 Å². The van der Waals surface area contributed by atoms with Crippen LogP contribution in [0.25, 0.3) is 0 Å². The highest BCUT2D eigenvalue weighted by Gasteiger charge is 2.66. The molecule has 1 amide bonds. The second-order valence-electron chi connectivity index (χ2n) is 4.82. The maximum absolute atomic E-state index is 12.6. The number of hydrogen-bond acceptors (Lipinski definition) is 5. The van der Waals surface area contributed by atoms with Crippen molar-refractivity contribution in [3.63, 3.8) is 0 Å². The van der Waals surface area contributed by atoms with Gasteiger partial charge < -0.3 is 10.2 Å². The lowest BCUT2D eigenvalue weighted by Gasteiger charge is -2.39. The Morgan fingerprint density at radius 1 is 1.40 bits per heavy atom. The van der Waals surface area contributed by atoms with Crippen molar-refractivity contribution in [1.82, 2.24) is 5.06 Å². The Kier molecular flexibility index (Phi) is 3.64. The Hall–Kier alpha value is -1.76. The number of carbonyl (C=O) groups excluding carboxylic acids is 2. The number of amides is 1. The van der Waals surface area contributed by atoms with Crippen LogP contribution < -0.4 is 0 Å². The molecule has 4 atom stereocenters. The number of aliphatic hydroxyl groups is 2. The molecular formula is C14H17NO5. The standard InChI is InChI=1S/C14H17NO5/c1-4-5-9-6-7-10(16)12(18)14(9)11(17)8(2)15(20-3)13(14)19/h4-7,9,11-12,17-18H,2H2,1,3H3. The summed E-state index contributed by atoms with van der Waals surface area (Å²) in [4.78, 5) is 29.3. The van der Waals surface area contributed by atoms with E-state index in [1.807, 2.05) is 0 Å². The number of allylic oxidation sites excluding steroid dienone is 3. The molecule has 20 heavy (non-hydrogen) atoms. The van der Waals surface area contributed by atoms with Gasteiger partial charge in [0.1, 0.15) is 17.6 Å². The number of carbonyl (C=O) groups is 2. The molecule has 0 aromatic heterocycles. The van der Waals surface area contributed by atoms with Gasteiger partial charge in [0, 0.05) is 5.92 Å². The monoisotopic (exact) mass is 279 g/mol. The van der Waals surface area contributed by atoms with Gasteiger partial charge in [0.15, 0.2) is 5.78 Å². The molecule has 0 bridgehead atoms. The van der Waals surface area contributed by atoms with E-state index in [1.54, 1.807) is 19.1 Å². The normalized spacial score (nSPS) is 37.7. The second kappa shape index (κ2) is 4.97. The van der Waals surface area contributed by atoms with E-state index < -0.39 is 35.2 Å². The van der Waals surface area contributed by atoms with Crippen molar-refractivity contribution in [2.45, 2.75) is 19.1 Å². The van der Waals surface area contributed by atoms with Gasteiger partial charge in [-0.2, -0.15) is 5.06 Å². The second-order valence-corrected chi connectivity index (χ2v) is 4.82. The summed E-state index contributed by atoms with van der Waals surface area (Å²) >= 11 is 0. The summed E-state index contributed by atoms with van der Waals surface area (Å²) < 4.78 is 0. The molecule has 1 aliphatic heterocycles. The van der Waals surface area contributed by atoms with Crippen LogP contribution in [0.3, 0.4) is 0 Å². The fourth-order valence-electron chi connectivity index (χ4n) is 2.90. The van der Waals surface area contributed by atoms with E-state index in [1.165, 1.54) is 19.3 Å². The molecule has 1 aliphatic carbocycles. The number of hydrogen-bond donors (Lipinski definition) is 2. The Bertz CT molecular complexity index is 524. The van der Waals surface area contributed by atoms with Crippen LogP contribution in [-0.4, -0.2) is 46.3 Å². The molecule has 1 spiro atoms. The van der Waals surface area contributed by atoms with Crippen LogP contribution in [0.15, 0.2) is 36.6 Å². The first-order chi connectivity index (χ1) is 9.42. The van der Waals surface area contributed by atoms with Gasteiger partial charge in [-0.15, -0.1) is 0 Å². The lowest BCUT2D eigenvalue weighted by Crippen LogP contribution is -2.57. The maximum atomic E-state index is 12.6. The summed E-state index contributed by atoms with van der Waals surface area (Å²) in [7, 11) is 1.26. The predicted octanol–water partition coefficient (Wildman–Crippen LogP) is -0.0569. The molecule has 2 N–H and O–H groups in total. The first-order valence-electron chi connectivity index (χ1n) is 6.21. The van der Waals surface area contributed by atoms with Crippen LogP contribution in [0, 0.1) is 11.3 Å². The van der Waals surface area contributed by atoms with Crippen LogP contribution in [0.5, 0.6) is 0 Å². The van der Waals surface area contributed by atoms with Crippen molar-refractivity contribution in [2.75, 3.05) is 7.11 Å². The third kappa shape index (κ3) is 1.62. The number of aliphatic hydroxyl groups excluding tert-OH is 2. The zero-order valence-corrected chi connectivity index (χ0v) is 11.3. The Morgan fingerprint density at radius 3 is 2.55 bits per heavy atom. The number of nitrogens with zero attached hydrogens (tertiary/aromatic N) is 1.